The van der Waals surface area contributed by atoms with Crippen molar-refractivity contribution in [2.24, 2.45) is 0 Å². The van der Waals surface area contributed by atoms with Gasteiger partial charge in [0.05, 0.1) is 17.5 Å². The summed E-state index contributed by atoms with van der Waals surface area (Å²) in [4.78, 5) is 49.1. The highest BCUT2D eigenvalue weighted by Gasteiger charge is 2.35. The second kappa shape index (κ2) is 7.31. The lowest BCUT2D eigenvalue weighted by molar-refractivity contribution is -0.134. The first-order chi connectivity index (χ1) is 12.5. The molecule has 132 valence electrons. The van der Waals surface area contributed by atoms with Gasteiger partial charge in [-0.05, 0) is 36.4 Å². The average molecular weight is 351 g/mol. The summed E-state index contributed by atoms with van der Waals surface area (Å²) in [5, 5.41) is 0. The minimum atomic E-state index is -0.559. The number of hydrogen-bond donors (Lipinski definition) is 0. The molecule has 0 fully saturated rings. The van der Waals surface area contributed by atoms with E-state index in [1.807, 2.05) is 0 Å². The van der Waals surface area contributed by atoms with E-state index in [1.165, 1.54) is 0 Å². The lowest BCUT2D eigenvalue weighted by Crippen LogP contribution is -2.32. The van der Waals surface area contributed by atoms with E-state index in [0.29, 0.717) is 28.9 Å². The van der Waals surface area contributed by atoms with E-state index >= 15 is 0 Å². The van der Waals surface area contributed by atoms with Gasteiger partial charge < -0.3 is 4.74 Å². The predicted octanol–water partition coefficient (Wildman–Crippen LogP) is 2.87. The Bertz CT molecular complexity index is 850. The predicted molar refractivity (Wildman–Crippen MR) is 93.1 cm³/mol. The topological polar surface area (TPSA) is 80.8 Å². The molecule has 1 heterocycles. The fourth-order valence-corrected chi connectivity index (χ4v) is 2.74. The third-order valence-corrected chi connectivity index (χ3v) is 4.15. The molecule has 2 aromatic rings. The first kappa shape index (κ1) is 17.5. The van der Waals surface area contributed by atoms with Gasteiger partial charge >= 0.3 is 5.97 Å². The Morgan fingerprint density at radius 2 is 1.50 bits per heavy atom. The van der Waals surface area contributed by atoms with Crippen molar-refractivity contribution in [3.63, 3.8) is 0 Å². The second-order valence-corrected chi connectivity index (χ2v) is 5.83. The zero-order valence-electron chi connectivity index (χ0n) is 14.2. The summed E-state index contributed by atoms with van der Waals surface area (Å²) >= 11 is 0. The maximum absolute atomic E-state index is 12.2. The number of carbonyl (C=O) groups excluding carboxylic acids is 4. The first-order valence-electron chi connectivity index (χ1n) is 8.30. The van der Waals surface area contributed by atoms with Gasteiger partial charge in [-0.15, -0.1) is 0 Å². The van der Waals surface area contributed by atoms with Gasteiger partial charge in [-0.25, -0.2) is 0 Å². The zero-order chi connectivity index (χ0) is 18.7. The molecule has 2 aromatic carbocycles. The molecular formula is C20H17NO5. The molecule has 6 heteroatoms. The maximum atomic E-state index is 12.2. The standard InChI is InChI=1S/C20H17NO5/c1-2-17(22)13-7-9-14(10-8-13)26-18(23)11-12-21-19(24)15-5-3-4-6-16(15)20(21)25/h3-10H,2,11-12H2,1H3. The van der Waals surface area contributed by atoms with Crippen molar-refractivity contribution in [1.82, 2.24) is 4.90 Å². The van der Waals surface area contributed by atoms with Crippen LogP contribution in [-0.4, -0.2) is 35.0 Å². The quantitative estimate of drug-likeness (QED) is 0.346. The molecule has 0 unspecified atom stereocenters. The molecule has 2 amide bonds. The third-order valence-electron chi connectivity index (χ3n) is 4.15. The van der Waals surface area contributed by atoms with E-state index in [0.717, 1.165) is 4.90 Å². The summed E-state index contributed by atoms with van der Waals surface area (Å²) in [5.41, 5.74) is 1.25. The van der Waals surface area contributed by atoms with Crippen molar-refractivity contribution in [1.29, 1.82) is 0 Å². The van der Waals surface area contributed by atoms with E-state index in [4.69, 9.17) is 4.74 Å². The second-order valence-electron chi connectivity index (χ2n) is 5.83. The Kier molecular flexibility index (Phi) is 4.93. The molecule has 1 aliphatic rings. The Morgan fingerprint density at radius 3 is 2.04 bits per heavy atom. The lowest BCUT2D eigenvalue weighted by atomic mass is 10.1. The van der Waals surface area contributed by atoms with Gasteiger partial charge in [0.25, 0.3) is 11.8 Å². The molecule has 0 saturated heterocycles. The van der Waals surface area contributed by atoms with Crippen LogP contribution in [0.3, 0.4) is 0 Å². The van der Waals surface area contributed by atoms with Gasteiger partial charge in [-0.1, -0.05) is 19.1 Å². The number of nitrogens with zero attached hydrogens (tertiary/aromatic N) is 1. The SMILES string of the molecule is CCC(=O)c1ccc(OC(=O)CCN2C(=O)c3ccccc3C2=O)cc1. The zero-order valence-corrected chi connectivity index (χ0v) is 14.2. The number of esters is 1. The summed E-state index contributed by atoms with van der Waals surface area (Å²) in [5.74, 6) is -1.05. The van der Waals surface area contributed by atoms with Crippen LogP contribution in [0.2, 0.25) is 0 Å². The summed E-state index contributed by atoms with van der Waals surface area (Å²) < 4.78 is 5.19. The molecule has 0 spiro atoms. The number of ether oxygens (including phenoxy) is 1. The highest BCUT2D eigenvalue weighted by molar-refractivity contribution is 6.21. The molecule has 0 radical (unpaired) electrons. The van der Waals surface area contributed by atoms with Crippen LogP contribution in [0.15, 0.2) is 48.5 Å². The fourth-order valence-electron chi connectivity index (χ4n) is 2.74. The van der Waals surface area contributed by atoms with Crippen LogP contribution >= 0.6 is 0 Å². The molecule has 1 aliphatic heterocycles. The van der Waals surface area contributed by atoms with E-state index < -0.39 is 17.8 Å². The maximum Gasteiger partial charge on any atom is 0.312 e. The minimum Gasteiger partial charge on any atom is -0.426 e. The van der Waals surface area contributed by atoms with Crippen LogP contribution in [0.25, 0.3) is 0 Å². The van der Waals surface area contributed by atoms with Crippen molar-refractivity contribution in [3.8, 4) is 5.75 Å². The molecule has 0 aromatic heterocycles. The lowest BCUT2D eigenvalue weighted by Gasteiger charge is -2.13. The molecule has 0 N–H and O–H groups in total. The molecule has 0 atom stereocenters. The van der Waals surface area contributed by atoms with Crippen molar-refractivity contribution in [3.05, 3.63) is 65.2 Å². The summed E-state index contributed by atoms with van der Waals surface area (Å²) in [7, 11) is 0. The van der Waals surface area contributed by atoms with E-state index in [1.54, 1.807) is 55.5 Å². The summed E-state index contributed by atoms with van der Waals surface area (Å²) in [6.45, 7) is 1.73. The van der Waals surface area contributed by atoms with Crippen LogP contribution in [0.5, 0.6) is 5.75 Å². The van der Waals surface area contributed by atoms with Gasteiger partial charge in [-0.2, -0.15) is 0 Å². The number of carbonyl (C=O) groups is 4. The van der Waals surface area contributed by atoms with Crippen molar-refractivity contribution in [2.75, 3.05) is 6.54 Å². The molecular weight excluding hydrogens is 334 g/mol. The molecule has 3 rings (SSSR count). The first-order valence-corrected chi connectivity index (χ1v) is 8.30. The van der Waals surface area contributed by atoms with E-state index in [9.17, 15) is 19.2 Å². The number of Topliss-reactive ketones (excluding diaryl/α,β-unsaturated/α-hetero) is 1. The molecule has 0 bridgehead atoms. The number of hydrogen-bond acceptors (Lipinski definition) is 5. The molecule has 26 heavy (non-hydrogen) atoms. The summed E-state index contributed by atoms with van der Waals surface area (Å²) in [6, 6.07) is 12.8. The number of ketones is 1. The van der Waals surface area contributed by atoms with Gasteiger partial charge in [0.15, 0.2) is 5.78 Å². The van der Waals surface area contributed by atoms with Gasteiger partial charge in [0.2, 0.25) is 0 Å². The van der Waals surface area contributed by atoms with E-state index in [2.05, 4.69) is 0 Å². The number of amides is 2. The van der Waals surface area contributed by atoms with Crippen molar-refractivity contribution >= 4 is 23.6 Å². The molecule has 6 nitrogen and oxygen atoms in total. The number of rotatable bonds is 6. The Balaban J connectivity index is 1.57. The van der Waals surface area contributed by atoms with E-state index in [-0.39, 0.29) is 18.7 Å². The Labute approximate surface area is 150 Å². The van der Waals surface area contributed by atoms with Crippen LogP contribution < -0.4 is 4.74 Å². The van der Waals surface area contributed by atoms with Gasteiger partial charge in [0, 0.05) is 18.5 Å². The minimum absolute atomic E-state index is 0.00787. The van der Waals surface area contributed by atoms with Crippen molar-refractivity contribution in [2.45, 2.75) is 19.8 Å². The van der Waals surface area contributed by atoms with Crippen LogP contribution in [-0.2, 0) is 4.79 Å². The average Bonchev–Trinajstić information content (AvgIpc) is 2.91. The monoisotopic (exact) mass is 351 g/mol. The number of fused-ring (bicyclic) bond motifs is 1. The third kappa shape index (κ3) is 3.39. The highest BCUT2D eigenvalue weighted by atomic mass is 16.5. The van der Waals surface area contributed by atoms with Crippen molar-refractivity contribution < 1.29 is 23.9 Å². The van der Waals surface area contributed by atoms with Crippen LogP contribution in [0.1, 0.15) is 50.8 Å². The molecule has 0 aliphatic carbocycles. The van der Waals surface area contributed by atoms with Gasteiger partial charge in [0.1, 0.15) is 5.75 Å². The number of benzene rings is 2. The van der Waals surface area contributed by atoms with Crippen LogP contribution in [0, 0.1) is 0 Å². The highest BCUT2D eigenvalue weighted by Crippen LogP contribution is 2.22. The summed E-state index contributed by atoms with van der Waals surface area (Å²) in [6.07, 6.45) is 0.292. The fraction of sp³-hybridized carbons (Fsp3) is 0.200. The van der Waals surface area contributed by atoms with Gasteiger partial charge in [-0.3, -0.25) is 24.1 Å². The number of imide groups is 1. The normalized spacial score (nSPS) is 12.9. The Hall–Kier alpha value is -3.28. The smallest absolute Gasteiger partial charge is 0.312 e. The molecule has 0 saturated carbocycles. The van der Waals surface area contributed by atoms with Crippen LogP contribution in [0.4, 0.5) is 0 Å². The largest absolute Gasteiger partial charge is 0.426 e. The Morgan fingerprint density at radius 1 is 0.923 bits per heavy atom.